The normalized spacial score (nSPS) is 12.1. The summed E-state index contributed by atoms with van der Waals surface area (Å²) in [5.74, 6) is 0.233. The van der Waals surface area contributed by atoms with Gasteiger partial charge in [-0.2, -0.15) is 5.10 Å². The quantitative estimate of drug-likeness (QED) is 0.399. The van der Waals surface area contributed by atoms with E-state index >= 15 is 0 Å². The number of anilines is 1. The summed E-state index contributed by atoms with van der Waals surface area (Å²) in [5, 5.41) is 23.4. The van der Waals surface area contributed by atoms with Crippen LogP contribution in [0.3, 0.4) is 0 Å². The van der Waals surface area contributed by atoms with Gasteiger partial charge in [0.25, 0.3) is 0 Å². The minimum Gasteiger partial charge on any atom is -0.508 e. The standard InChI is InChI=1S/C10H10N6O2/c11-9(8-10(12)16-18-15-8)14-13-5-6-1-3-7(17)4-2-6/h1-5,17H,(H2,11,14)(H2,12,16)/b13-5-. The molecule has 1 aromatic heterocycles. The highest BCUT2D eigenvalue weighted by molar-refractivity contribution is 5.99. The van der Waals surface area contributed by atoms with Crippen molar-refractivity contribution < 1.29 is 9.74 Å². The molecular formula is C10H10N6O2. The molecule has 18 heavy (non-hydrogen) atoms. The summed E-state index contributed by atoms with van der Waals surface area (Å²) in [6.07, 6.45) is 1.47. The molecule has 1 heterocycles. The van der Waals surface area contributed by atoms with Crippen molar-refractivity contribution in [3.8, 4) is 5.75 Å². The summed E-state index contributed by atoms with van der Waals surface area (Å²) >= 11 is 0. The van der Waals surface area contributed by atoms with Gasteiger partial charge in [-0.15, -0.1) is 5.10 Å². The Morgan fingerprint density at radius 3 is 2.61 bits per heavy atom. The Morgan fingerprint density at radius 1 is 1.28 bits per heavy atom. The Bertz CT molecular complexity index is 587. The van der Waals surface area contributed by atoms with Crippen LogP contribution in [0.2, 0.25) is 0 Å². The maximum Gasteiger partial charge on any atom is 0.199 e. The first-order chi connectivity index (χ1) is 8.66. The maximum atomic E-state index is 9.09. The van der Waals surface area contributed by atoms with E-state index in [1.165, 1.54) is 18.3 Å². The molecule has 0 radical (unpaired) electrons. The Balaban J connectivity index is 2.11. The SMILES string of the molecule is NC(=N/N=C\c1ccc(O)cc1)c1nonc1N. The molecule has 8 heteroatoms. The van der Waals surface area contributed by atoms with Gasteiger partial charge in [0.05, 0.1) is 6.21 Å². The first-order valence-electron chi connectivity index (χ1n) is 4.91. The van der Waals surface area contributed by atoms with Crippen molar-refractivity contribution in [3.63, 3.8) is 0 Å². The third-order valence-electron chi connectivity index (χ3n) is 2.02. The molecule has 0 spiro atoms. The van der Waals surface area contributed by atoms with Gasteiger partial charge in [-0.3, -0.25) is 0 Å². The number of nitrogens with two attached hydrogens (primary N) is 2. The van der Waals surface area contributed by atoms with E-state index in [0.717, 1.165) is 5.56 Å². The zero-order valence-electron chi connectivity index (χ0n) is 9.19. The molecule has 1 aromatic carbocycles. The molecule has 2 aromatic rings. The number of phenolic OH excluding ortho intramolecular Hbond substituents is 1. The van der Waals surface area contributed by atoms with Crippen molar-refractivity contribution >= 4 is 17.9 Å². The minimum atomic E-state index is 0.00350. The van der Waals surface area contributed by atoms with E-state index in [-0.39, 0.29) is 23.1 Å². The molecule has 0 unspecified atom stereocenters. The van der Waals surface area contributed by atoms with E-state index in [1.54, 1.807) is 12.1 Å². The zero-order chi connectivity index (χ0) is 13.0. The zero-order valence-corrected chi connectivity index (χ0v) is 9.19. The van der Waals surface area contributed by atoms with Crippen LogP contribution in [0.15, 0.2) is 39.1 Å². The van der Waals surface area contributed by atoms with Gasteiger partial charge in [-0.1, -0.05) is 0 Å². The molecule has 2 rings (SSSR count). The molecule has 0 saturated carbocycles. The average Bonchev–Trinajstić information content (AvgIpc) is 2.78. The van der Waals surface area contributed by atoms with Crippen molar-refractivity contribution in [2.75, 3.05) is 5.73 Å². The second-order valence-electron chi connectivity index (χ2n) is 3.32. The monoisotopic (exact) mass is 246 g/mol. The number of aromatic nitrogens is 2. The van der Waals surface area contributed by atoms with Gasteiger partial charge in [0.2, 0.25) is 0 Å². The van der Waals surface area contributed by atoms with Crippen molar-refractivity contribution in [2.45, 2.75) is 0 Å². The number of nitrogens with zero attached hydrogens (tertiary/aromatic N) is 4. The van der Waals surface area contributed by atoms with Gasteiger partial charge in [-0.05, 0) is 40.1 Å². The lowest BCUT2D eigenvalue weighted by molar-refractivity contribution is 0.308. The molecule has 0 saturated heterocycles. The van der Waals surface area contributed by atoms with Crippen LogP contribution in [-0.4, -0.2) is 27.5 Å². The molecule has 92 valence electrons. The Hall–Kier alpha value is -2.90. The van der Waals surface area contributed by atoms with Gasteiger partial charge in [0.1, 0.15) is 5.75 Å². The van der Waals surface area contributed by atoms with E-state index in [2.05, 4.69) is 25.1 Å². The van der Waals surface area contributed by atoms with Crippen molar-refractivity contribution in [1.29, 1.82) is 0 Å². The van der Waals surface area contributed by atoms with Gasteiger partial charge in [-0.25, -0.2) is 4.63 Å². The second-order valence-corrected chi connectivity index (χ2v) is 3.32. The molecule has 8 nitrogen and oxygen atoms in total. The predicted octanol–water partition coefficient (Wildman–Crippen LogP) is 0.0968. The molecule has 0 aliphatic heterocycles. The highest BCUT2D eigenvalue weighted by Gasteiger charge is 2.09. The van der Waals surface area contributed by atoms with Gasteiger partial charge in [0, 0.05) is 0 Å². The van der Waals surface area contributed by atoms with Gasteiger partial charge >= 0.3 is 0 Å². The molecule has 0 atom stereocenters. The van der Waals surface area contributed by atoms with Crippen molar-refractivity contribution in [3.05, 3.63) is 35.5 Å². The van der Waals surface area contributed by atoms with Crippen LogP contribution in [-0.2, 0) is 0 Å². The van der Waals surface area contributed by atoms with Gasteiger partial charge < -0.3 is 16.6 Å². The number of amidine groups is 1. The Labute approximate surface area is 102 Å². The number of phenols is 1. The van der Waals surface area contributed by atoms with E-state index in [1.807, 2.05) is 0 Å². The first-order valence-corrected chi connectivity index (χ1v) is 4.91. The van der Waals surface area contributed by atoms with Crippen molar-refractivity contribution in [2.24, 2.45) is 15.9 Å². The van der Waals surface area contributed by atoms with Crippen LogP contribution in [0.25, 0.3) is 0 Å². The highest BCUT2D eigenvalue weighted by Crippen LogP contribution is 2.08. The third kappa shape index (κ3) is 2.61. The summed E-state index contributed by atoms with van der Waals surface area (Å²) in [7, 11) is 0. The number of nitrogen functional groups attached to an aromatic ring is 1. The molecule has 0 aliphatic rings. The fourth-order valence-corrected chi connectivity index (χ4v) is 1.14. The Morgan fingerprint density at radius 2 is 2.00 bits per heavy atom. The number of hydrogen-bond acceptors (Lipinski definition) is 7. The third-order valence-corrected chi connectivity index (χ3v) is 2.02. The largest absolute Gasteiger partial charge is 0.508 e. The van der Waals surface area contributed by atoms with Crippen LogP contribution in [0.4, 0.5) is 5.82 Å². The fourth-order valence-electron chi connectivity index (χ4n) is 1.14. The molecule has 0 amide bonds. The molecule has 0 aliphatic carbocycles. The number of aromatic hydroxyl groups is 1. The topological polar surface area (TPSA) is 136 Å². The highest BCUT2D eigenvalue weighted by atomic mass is 16.6. The smallest absolute Gasteiger partial charge is 0.199 e. The van der Waals surface area contributed by atoms with Crippen LogP contribution < -0.4 is 11.5 Å². The predicted molar refractivity (Wildman–Crippen MR) is 65.1 cm³/mol. The first kappa shape index (κ1) is 11.6. The van der Waals surface area contributed by atoms with E-state index in [0.29, 0.717) is 0 Å². The molecule has 5 N–H and O–H groups in total. The summed E-state index contributed by atoms with van der Waals surface area (Å²) in [5.41, 5.74) is 11.9. The molecule has 0 bridgehead atoms. The maximum absolute atomic E-state index is 9.09. The molecule has 0 fully saturated rings. The number of benzene rings is 1. The summed E-state index contributed by atoms with van der Waals surface area (Å²) in [4.78, 5) is 0. The number of hydrogen-bond donors (Lipinski definition) is 3. The van der Waals surface area contributed by atoms with Crippen LogP contribution in [0.5, 0.6) is 5.75 Å². The van der Waals surface area contributed by atoms with E-state index in [9.17, 15) is 0 Å². The van der Waals surface area contributed by atoms with Crippen molar-refractivity contribution in [1.82, 2.24) is 10.3 Å². The van der Waals surface area contributed by atoms with Gasteiger partial charge in [0.15, 0.2) is 17.3 Å². The van der Waals surface area contributed by atoms with Crippen LogP contribution in [0.1, 0.15) is 11.3 Å². The van der Waals surface area contributed by atoms with Crippen LogP contribution in [0, 0.1) is 0 Å². The summed E-state index contributed by atoms with van der Waals surface area (Å²) in [6, 6.07) is 6.43. The van der Waals surface area contributed by atoms with E-state index < -0.39 is 0 Å². The van der Waals surface area contributed by atoms with Crippen LogP contribution >= 0.6 is 0 Å². The lowest BCUT2D eigenvalue weighted by atomic mass is 10.2. The van der Waals surface area contributed by atoms with E-state index in [4.69, 9.17) is 16.6 Å². The summed E-state index contributed by atoms with van der Waals surface area (Å²) < 4.78 is 4.38. The average molecular weight is 246 g/mol. The minimum absolute atomic E-state index is 0.00350. The second kappa shape index (κ2) is 4.95. The Kier molecular flexibility index (Phi) is 3.19. The molecular weight excluding hydrogens is 236 g/mol. The lowest BCUT2D eigenvalue weighted by Crippen LogP contribution is -2.15. The lowest BCUT2D eigenvalue weighted by Gasteiger charge is -1.93. The fraction of sp³-hybridized carbons (Fsp3) is 0. The summed E-state index contributed by atoms with van der Waals surface area (Å²) in [6.45, 7) is 0. The number of rotatable bonds is 3.